The van der Waals surface area contributed by atoms with Crippen LogP contribution in [0.3, 0.4) is 0 Å². The Hall–Kier alpha value is -1.90. The first-order chi connectivity index (χ1) is 14.1. The monoisotopic (exact) mass is 520 g/mol. The van der Waals surface area contributed by atoms with Crippen molar-refractivity contribution in [2.24, 2.45) is 28.7 Å². The number of allylic oxidation sites excluding steroid dienone is 2. The Morgan fingerprint density at radius 3 is 2.40 bits per heavy atom. The fourth-order valence-corrected chi connectivity index (χ4v) is 5.54. The first kappa shape index (κ1) is 21.3. The molecule has 6 atom stereocenters. The zero-order valence-electron chi connectivity index (χ0n) is 17.4. The second-order valence-corrected chi connectivity index (χ2v) is 8.78. The van der Waals surface area contributed by atoms with Gasteiger partial charge >= 0.3 is 0 Å². The number of carbonyl (C=O) groups is 2. The molecule has 0 spiro atoms. The molecule has 2 saturated carbocycles. The molecule has 1 aliphatic heterocycles. The van der Waals surface area contributed by atoms with Crippen LogP contribution in [0.5, 0.6) is 0 Å². The molecule has 1 saturated heterocycles. The lowest BCUT2D eigenvalue weighted by atomic mass is 9.85. The third-order valence-electron chi connectivity index (χ3n) is 7.11. The maximum atomic E-state index is 12.7. The molecule has 5 rings (SSSR count). The van der Waals surface area contributed by atoms with Crippen LogP contribution in [-0.4, -0.2) is 48.9 Å². The van der Waals surface area contributed by atoms with Gasteiger partial charge in [0.05, 0.1) is 11.8 Å². The number of amides is 2. The molecule has 4 aliphatic rings. The number of imide groups is 1. The van der Waals surface area contributed by atoms with Crippen LogP contribution in [0.25, 0.3) is 0 Å². The van der Waals surface area contributed by atoms with Crippen LogP contribution in [0.15, 0.2) is 41.4 Å². The molecule has 3 fully saturated rings. The van der Waals surface area contributed by atoms with Crippen molar-refractivity contribution in [1.29, 1.82) is 0 Å². The summed E-state index contributed by atoms with van der Waals surface area (Å²) in [5, 5.41) is 6.75. The third-order valence-corrected chi connectivity index (χ3v) is 7.11. The van der Waals surface area contributed by atoms with Gasteiger partial charge in [0.2, 0.25) is 11.8 Å². The molecule has 3 aliphatic carbocycles. The van der Waals surface area contributed by atoms with Gasteiger partial charge in [-0.15, -0.1) is 24.0 Å². The van der Waals surface area contributed by atoms with E-state index in [9.17, 15) is 9.59 Å². The number of benzene rings is 1. The van der Waals surface area contributed by atoms with Gasteiger partial charge in [-0.2, -0.15) is 0 Å². The number of aryl methyl sites for hydroxylation is 1. The van der Waals surface area contributed by atoms with Gasteiger partial charge in [-0.25, -0.2) is 0 Å². The molecule has 2 N–H and O–H groups in total. The van der Waals surface area contributed by atoms with Crippen LogP contribution in [0.1, 0.15) is 29.9 Å². The molecule has 0 aromatic heterocycles. The van der Waals surface area contributed by atoms with Crippen LogP contribution in [-0.2, 0) is 9.59 Å². The van der Waals surface area contributed by atoms with Gasteiger partial charge in [-0.1, -0.05) is 36.4 Å². The van der Waals surface area contributed by atoms with Gasteiger partial charge in [0.25, 0.3) is 0 Å². The Morgan fingerprint density at radius 2 is 1.77 bits per heavy atom. The average molecular weight is 520 g/mol. The van der Waals surface area contributed by atoms with E-state index < -0.39 is 0 Å². The van der Waals surface area contributed by atoms with E-state index in [1.54, 1.807) is 7.05 Å². The van der Waals surface area contributed by atoms with Crippen molar-refractivity contribution in [3.05, 3.63) is 47.5 Å². The summed E-state index contributed by atoms with van der Waals surface area (Å²) in [7, 11) is 1.75. The fraction of sp³-hybridized carbons (Fsp3) is 0.522. The molecule has 1 aromatic rings. The van der Waals surface area contributed by atoms with Gasteiger partial charge in [0, 0.05) is 32.1 Å². The van der Waals surface area contributed by atoms with E-state index in [4.69, 9.17) is 0 Å². The van der Waals surface area contributed by atoms with Crippen molar-refractivity contribution in [1.82, 2.24) is 15.5 Å². The first-order valence-corrected chi connectivity index (χ1v) is 10.6. The number of hydrogen-bond acceptors (Lipinski definition) is 3. The minimum Gasteiger partial charge on any atom is -0.355 e. The lowest BCUT2D eigenvalue weighted by Crippen LogP contribution is -2.44. The SMILES string of the molecule is CN=C(NCCN1C(=O)C2C3C=CC(C3)C2C1=O)NC1CC1c1ccccc1C.I. The summed E-state index contributed by atoms with van der Waals surface area (Å²) in [6.45, 7) is 3.07. The van der Waals surface area contributed by atoms with Crippen molar-refractivity contribution in [2.45, 2.75) is 31.7 Å². The number of carbonyl (C=O) groups excluding carboxylic acids is 2. The molecule has 1 aromatic carbocycles. The summed E-state index contributed by atoms with van der Waals surface area (Å²) in [6, 6.07) is 8.88. The van der Waals surface area contributed by atoms with Crippen LogP contribution in [0.2, 0.25) is 0 Å². The van der Waals surface area contributed by atoms with Crippen molar-refractivity contribution in [3.8, 4) is 0 Å². The highest BCUT2D eigenvalue weighted by Crippen LogP contribution is 2.52. The summed E-state index contributed by atoms with van der Waals surface area (Å²) in [4.78, 5) is 31.3. The Kier molecular flexibility index (Phi) is 5.92. The fourth-order valence-electron chi connectivity index (χ4n) is 5.54. The molecule has 6 unspecified atom stereocenters. The highest BCUT2D eigenvalue weighted by atomic mass is 127. The lowest BCUT2D eigenvalue weighted by Gasteiger charge is -2.18. The summed E-state index contributed by atoms with van der Waals surface area (Å²) in [5.74, 6) is 1.58. The van der Waals surface area contributed by atoms with E-state index in [1.807, 2.05) is 0 Å². The molecular formula is C23H29IN4O2. The molecule has 6 nitrogen and oxygen atoms in total. The predicted octanol–water partition coefficient (Wildman–Crippen LogP) is 2.44. The summed E-state index contributed by atoms with van der Waals surface area (Å²) in [5.41, 5.74) is 2.72. The van der Waals surface area contributed by atoms with Crippen molar-refractivity contribution >= 4 is 41.8 Å². The minimum atomic E-state index is -0.115. The van der Waals surface area contributed by atoms with E-state index in [-0.39, 0.29) is 59.5 Å². The topological polar surface area (TPSA) is 73.8 Å². The number of aliphatic imine (C=N–C) groups is 1. The van der Waals surface area contributed by atoms with Crippen molar-refractivity contribution in [3.63, 3.8) is 0 Å². The molecule has 1 heterocycles. The number of nitrogens with one attached hydrogen (secondary N) is 2. The van der Waals surface area contributed by atoms with Crippen LogP contribution < -0.4 is 10.6 Å². The van der Waals surface area contributed by atoms with Crippen molar-refractivity contribution in [2.75, 3.05) is 20.1 Å². The van der Waals surface area contributed by atoms with Crippen LogP contribution in [0.4, 0.5) is 0 Å². The zero-order valence-corrected chi connectivity index (χ0v) is 19.7. The second-order valence-electron chi connectivity index (χ2n) is 8.78. The molecule has 0 radical (unpaired) electrons. The maximum absolute atomic E-state index is 12.7. The molecule has 2 bridgehead atoms. The van der Waals surface area contributed by atoms with E-state index >= 15 is 0 Å². The number of halogens is 1. The van der Waals surface area contributed by atoms with Gasteiger partial charge in [0.15, 0.2) is 5.96 Å². The van der Waals surface area contributed by atoms with Gasteiger partial charge < -0.3 is 10.6 Å². The molecule has 7 heteroatoms. The third kappa shape index (κ3) is 3.55. The lowest BCUT2D eigenvalue weighted by molar-refractivity contribution is -0.140. The van der Waals surface area contributed by atoms with E-state index in [2.05, 4.69) is 59.0 Å². The van der Waals surface area contributed by atoms with Crippen LogP contribution in [0, 0.1) is 30.6 Å². The van der Waals surface area contributed by atoms with E-state index in [0.29, 0.717) is 25.0 Å². The normalized spacial score (nSPS) is 33.5. The highest BCUT2D eigenvalue weighted by molar-refractivity contribution is 14.0. The zero-order chi connectivity index (χ0) is 20.1. The molecule has 30 heavy (non-hydrogen) atoms. The van der Waals surface area contributed by atoms with E-state index in [0.717, 1.165) is 18.8 Å². The standard InChI is InChI=1S/C23H28N4O2.HI/c1-13-5-3-4-6-16(13)17-12-18(17)26-23(24-2)25-9-10-27-21(28)19-14-7-8-15(11-14)20(19)22(27)29;/h3-8,14-15,17-20H,9-12H2,1-2H3,(H2,24,25,26);1H. The summed E-state index contributed by atoms with van der Waals surface area (Å²) < 4.78 is 0. The Balaban J connectivity index is 0.00000218. The van der Waals surface area contributed by atoms with Gasteiger partial charge in [-0.3, -0.25) is 19.5 Å². The highest BCUT2D eigenvalue weighted by Gasteiger charge is 2.58. The number of guanidine groups is 1. The molecular weight excluding hydrogens is 491 g/mol. The van der Waals surface area contributed by atoms with Crippen LogP contribution >= 0.6 is 24.0 Å². The number of fused-ring (bicyclic) bond motifs is 5. The number of likely N-dealkylation sites (tertiary alicyclic amines) is 1. The Labute approximate surface area is 194 Å². The largest absolute Gasteiger partial charge is 0.355 e. The Morgan fingerprint density at radius 1 is 1.10 bits per heavy atom. The molecule has 160 valence electrons. The van der Waals surface area contributed by atoms with Crippen molar-refractivity contribution < 1.29 is 9.59 Å². The van der Waals surface area contributed by atoms with Gasteiger partial charge in [0.1, 0.15) is 0 Å². The smallest absolute Gasteiger partial charge is 0.233 e. The summed E-state index contributed by atoms with van der Waals surface area (Å²) in [6.07, 6.45) is 6.32. The average Bonchev–Trinajstić information content (AvgIpc) is 3.06. The Bertz CT molecular complexity index is 884. The summed E-state index contributed by atoms with van der Waals surface area (Å²) >= 11 is 0. The maximum Gasteiger partial charge on any atom is 0.233 e. The van der Waals surface area contributed by atoms with Gasteiger partial charge in [-0.05, 0) is 42.7 Å². The number of nitrogens with zero attached hydrogens (tertiary/aromatic N) is 2. The quantitative estimate of drug-likeness (QED) is 0.206. The van der Waals surface area contributed by atoms with E-state index in [1.165, 1.54) is 16.0 Å². The molecule has 2 amide bonds. The second kappa shape index (κ2) is 8.32. The predicted molar refractivity (Wildman–Crippen MR) is 127 cm³/mol. The first-order valence-electron chi connectivity index (χ1n) is 10.6. The number of hydrogen-bond donors (Lipinski definition) is 2. The number of rotatable bonds is 5. The minimum absolute atomic E-state index is 0.